The van der Waals surface area contributed by atoms with Crippen LogP contribution in [0.3, 0.4) is 0 Å². The molecule has 0 heterocycles. The number of fused-ring (bicyclic) bond motifs is 1. The summed E-state index contributed by atoms with van der Waals surface area (Å²) >= 11 is 0. The van der Waals surface area contributed by atoms with Gasteiger partial charge in [0.2, 0.25) is 0 Å². The molecule has 0 bridgehead atoms. The van der Waals surface area contributed by atoms with Gasteiger partial charge in [-0.1, -0.05) is 194 Å². The lowest BCUT2D eigenvalue weighted by molar-refractivity contribution is 1.28. The molecule has 0 aromatic heterocycles. The van der Waals surface area contributed by atoms with Gasteiger partial charge in [0.25, 0.3) is 0 Å². The molecule has 0 atom stereocenters. The molecule has 0 spiro atoms. The van der Waals surface area contributed by atoms with Gasteiger partial charge in [-0.2, -0.15) is 0 Å². The molecule has 0 saturated heterocycles. The van der Waals surface area contributed by atoms with Crippen LogP contribution in [0.1, 0.15) is 0 Å². The Hall–Kier alpha value is -7.74. The average molecular weight is 752 g/mol. The molecule has 0 aliphatic carbocycles. The van der Waals surface area contributed by atoms with E-state index in [0.29, 0.717) is 0 Å². The van der Waals surface area contributed by atoms with Gasteiger partial charge in [0, 0.05) is 17.1 Å². The van der Waals surface area contributed by atoms with Crippen molar-refractivity contribution in [2.24, 2.45) is 0 Å². The Morgan fingerprint density at radius 2 is 0.542 bits per heavy atom. The van der Waals surface area contributed by atoms with Crippen molar-refractivity contribution < 1.29 is 0 Å². The number of anilines is 3. The molecule has 0 N–H and O–H groups in total. The van der Waals surface area contributed by atoms with Gasteiger partial charge in [-0.25, -0.2) is 0 Å². The number of hydrogen-bond donors (Lipinski definition) is 0. The lowest BCUT2D eigenvalue weighted by Crippen LogP contribution is -2.09. The van der Waals surface area contributed by atoms with E-state index in [2.05, 4.69) is 254 Å². The fourth-order valence-electron chi connectivity index (χ4n) is 8.18. The fraction of sp³-hybridized carbons (Fsp3) is 0. The van der Waals surface area contributed by atoms with Crippen LogP contribution in [0.5, 0.6) is 0 Å². The molecule has 0 amide bonds. The number of rotatable bonds is 9. The zero-order valence-electron chi connectivity index (χ0n) is 32.6. The first-order valence-electron chi connectivity index (χ1n) is 20.2. The monoisotopic (exact) mass is 751 g/mol. The van der Waals surface area contributed by atoms with E-state index in [-0.39, 0.29) is 0 Å². The Kier molecular flexibility index (Phi) is 9.68. The molecule has 10 aromatic carbocycles. The summed E-state index contributed by atoms with van der Waals surface area (Å²) in [5.41, 5.74) is 17.8. The van der Waals surface area contributed by atoms with Crippen LogP contribution in [-0.4, -0.2) is 0 Å². The molecule has 278 valence electrons. The second kappa shape index (κ2) is 16.0. The minimum Gasteiger partial charge on any atom is -0.311 e. The molecular formula is C58H41N. The number of hydrogen-bond acceptors (Lipinski definition) is 1. The van der Waals surface area contributed by atoms with E-state index in [1.807, 2.05) is 0 Å². The Balaban J connectivity index is 0.965. The minimum atomic E-state index is 1.10. The highest BCUT2D eigenvalue weighted by Crippen LogP contribution is 2.39. The fourth-order valence-corrected chi connectivity index (χ4v) is 8.18. The van der Waals surface area contributed by atoms with Crippen molar-refractivity contribution in [3.63, 3.8) is 0 Å². The number of nitrogens with zero attached hydrogens (tertiary/aromatic N) is 1. The van der Waals surface area contributed by atoms with Crippen molar-refractivity contribution in [3.8, 4) is 66.8 Å². The largest absolute Gasteiger partial charge is 0.311 e. The highest BCUT2D eigenvalue weighted by Gasteiger charge is 2.15. The second-order valence-corrected chi connectivity index (χ2v) is 15.0. The van der Waals surface area contributed by atoms with Crippen LogP contribution in [0.25, 0.3) is 77.5 Å². The molecule has 0 aliphatic rings. The van der Waals surface area contributed by atoms with Gasteiger partial charge in [0.1, 0.15) is 0 Å². The minimum absolute atomic E-state index is 1.10. The summed E-state index contributed by atoms with van der Waals surface area (Å²) in [7, 11) is 0. The first-order chi connectivity index (χ1) is 29.2. The van der Waals surface area contributed by atoms with Gasteiger partial charge in [-0.15, -0.1) is 0 Å². The van der Waals surface area contributed by atoms with Crippen LogP contribution in [0.15, 0.2) is 249 Å². The van der Waals surface area contributed by atoms with Gasteiger partial charge < -0.3 is 4.90 Å². The van der Waals surface area contributed by atoms with Crippen molar-refractivity contribution in [3.05, 3.63) is 249 Å². The highest BCUT2D eigenvalue weighted by molar-refractivity contribution is 6.00. The molecule has 1 nitrogen and oxygen atoms in total. The smallest absolute Gasteiger partial charge is 0.0462 e. The SMILES string of the molecule is c1ccc(-c2ccc(N(c3ccc(-c4ccccc4)cc3)c3ccc(-c4ccc(-c5cc(-c6cccc(-c7ccccc7)c6)cc6ccccc56)cc4)cc3)cc2)cc1. The molecule has 0 fully saturated rings. The summed E-state index contributed by atoms with van der Waals surface area (Å²) in [6.45, 7) is 0. The summed E-state index contributed by atoms with van der Waals surface area (Å²) in [6, 6.07) is 89.7. The molecular weight excluding hydrogens is 711 g/mol. The van der Waals surface area contributed by atoms with Crippen LogP contribution in [0.4, 0.5) is 17.1 Å². The topological polar surface area (TPSA) is 3.24 Å². The first kappa shape index (κ1) is 35.7. The van der Waals surface area contributed by atoms with E-state index in [1.165, 1.54) is 77.5 Å². The zero-order valence-corrected chi connectivity index (χ0v) is 32.6. The average Bonchev–Trinajstić information content (AvgIpc) is 3.33. The van der Waals surface area contributed by atoms with E-state index >= 15 is 0 Å². The molecule has 1 heteroatoms. The molecule has 10 aromatic rings. The van der Waals surface area contributed by atoms with E-state index in [1.54, 1.807) is 0 Å². The van der Waals surface area contributed by atoms with E-state index in [0.717, 1.165) is 17.1 Å². The van der Waals surface area contributed by atoms with Gasteiger partial charge in [0.05, 0.1) is 0 Å². The summed E-state index contributed by atoms with van der Waals surface area (Å²) < 4.78 is 0. The maximum Gasteiger partial charge on any atom is 0.0462 e. The van der Waals surface area contributed by atoms with Gasteiger partial charge >= 0.3 is 0 Å². The second-order valence-electron chi connectivity index (χ2n) is 15.0. The molecule has 0 unspecified atom stereocenters. The van der Waals surface area contributed by atoms with Crippen LogP contribution in [0, 0.1) is 0 Å². The Morgan fingerprint density at radius 1 is 0.203 bits per heavy atom. The van der Waals surface area contributed by atoms with E-state index in [9.17, 15) is 0 Å². The predicted octanol–water partition coefficient (Wildman–Crippen LogP) is 16.3. The van der Waals surface area contributed by atoms with Crippen molar-refractivity contribution in [2.75, 3.05) is 4.90 Å². The standard InChI is InChI=1S/C58H41N/c1-4-13-42(14-5-1)46-27-33-54(34-28-46)59(55-35-29-47(30-36-55)43-15-6-2-7-16-43)56-37-31-48(32-38-56)45-23-25-49(26-24-45)58-41-53(40-52-19-10-11-22-57(52)58)51-21-12-20-50(39-51)44-17-8-3-9-18-44/h1-41H. The third-order valence-corrected chi connectivity index (χ3v) is 11.3. The summed E-state index contributed by atoms with van der Waals surface area (Å²) in [6.07, 6.45) is 0. The lowest BCUT2D eigenvalue weighted by Gasteiger charge is -2.26. The summed E-state index contributed by atoms with van der Waals surface area (Å²) in [4.78, 5) is 2.34. The van der Waals surface area contributed by atoms with E-state index in [4.69, 9.17) is 0 Å². The highest BCUT2D eigenvalue weighted by atomic mass is 15.1. The third-order valence-electron chi connectivity index (χ3n) is 11.3. The predicted molar refractivity (Wildman–Crippen MR) is 251 cm³/mol. The normalized spacial score (nSPS) is 11.1. The molecule has 10 rings (SSSR count). The molecule has 0 radical (unpaired) electrons. The number of benzene rings is 10. The Morgan fingerprint density at radius 3 is 1.02 bits per heavy atom. The Bertz CT molecular complexity index is 2890. The first-order valence-corrected chi connectivity index (χ1v) is 20.2. The zero-order chi connectivity index (χ0) is 39.4. The summed E-state index contributed by atoms with van der Waals surface area (Å²) in [5, 5.41) is 2.49. The van der Waals surface area contributed by atoms with E-state index < -0.39 is 0 Å². The molecule has 0 saturated carbocycles. The van der Waals surface area contributed by atoms with Gasteiger partial charge in [-0.3, -0.25) is 0 Å². The van der Waals surface area contributed by atoms with Crippen LogP contribution < -0.4 is 4.90 Å². The maximum absolute atomic E-state index is 2.35. The molecule has 0 aliphatic heterocycles. The van der Waals surface area contributed by atoms with Crippen molar-refractivity contribution in [1.82, 2.24) is 0 Å². The maximum atomic E-state index is 2.35. The van der Waals surface area contributed by atoms with Crippen molar-refractivity contribution in [2.45, 2.75) is 0 Å². The van der Waals surface area contributed by atoms with Crippen molar-refractivity contribution >= 4 is 27.8 Å². The van der Waals surface area contributed by atoms with Crippen LogP contribution in [-0.2, 0) is 0 Å². The van der Waals surface area contributed by atoms with Gasteiger partial charge in [0.15, 0.2) is 0 Å². The third kappa shape index (κ3) is 7.46. The summed E-state index contributed by atoms with van der Waals surface area (Å²) in [5.74, 6) is 0. The lowest BCUT2D eigenvalue weighted by atomic mass is 9.91. The molecule has 59 heavy (non-hydrogen) atoms. The van der Waals surface area contributed by atoms with Crippen LogP contribution in [0.2, 0.25) is 0 Å². The Labute approximate surface area is 346 Å². The quantitative estimate of drug-likeness (QED) is 0.142. The van der Waals surface area contributed by atoms with Crippen LogP contribution >= 0.6 is 0 Å². The van der Waals surface area contributed by atoms with Crippen molar-refractivity contribution in [1.29, 1.82) is 0 Å². The van der Waals surface area contributed by atoms with Gasteiger partial charge in [-0.05, 0) is 132 Å².